The predicted molar refractivity (Wildman–Crippen MR) is 66.3 cm³/mol. The molecule has 0 fully saturated rings. The Morgan fingerprint density at radius 3 is 2.71 bits per heavy atom. The van der Waals surface area contributed by atoms with Crippen molar-refractivity contribution < 1.29 is 4.79 Å². The summed E-state index contributed by atoms with van der Waals surface area (Å²) in [7, 11) is 0. The van der Waals surface area contributed by atoms with E-state index in [9.17, 15) is 4.79 Å². The zero-order chi connectivity index (χ0) is 12.2. The summed E-state index contributed by atoms with van der Waals surface area (Å²) in [5.74, 6) is 1.29. The maximum Gasteiger partial charge on any atom is 0.212 e. The first-order chi connectivity index (χ1) is 8.08. The molecule has 3 heteroatoms. The number of carbonyl (C=O) groups excluding carboxylic acids is 1. The highest BCUT2D eigenvalue weighted by atomic mass is 16.1. The summed E-state index contributed by atoms with van der Waals surface area (Å²) >= 11 is 0. The number of H-pyrrole nitrogens is 1. The lowest BCUT2D eigenvalue weighted by molar-refractivity contribution is 0.103. The third-order valence-corrected chi connectivity index (χ3v) is 3.26. The predicted octanol–water partition coefficient (Wildman–Crippen LogP) is 3.05. The van der Waals surface area contributed by atoms with Gasteiger partial charge in [0.1, 0.15) is 17.2 Å². The van der Waals surface area contributed by atoms with Crippen molar-refractivity contribution in [2.75, 3.05) is 0 Å². The molecular formula is C14H14N2O. The van der Waals surface area contributed by atoms with Gasteiger partial charge in [-0.3, -0.25) is 4.79 Å². The molecule has 1 aliphatic carbocycles. The van der Waals surface area contributed by atoms with Crippen molar-refractivity contribution >= 4 is 5.78 Å². The van der Waals surface area contributed by atoms with Crippen LogP contribution in [0.1, 0.15) is 47.2 Å². The van der Waals surface area contributed by atoms with Crippen LogP contribution in [0.4, 0.5) is 0 Å². The van der Waals surface area contributed by atoms with Gasteiger partial charge in [-0.2, -0.15) is 0 Å². The Morgan fingerprint density at radius 2 is 2.00 bits per heavy atom. The maximum absolute atomic E-state index is 12.2. The second-order valence-corrected chi connectivity index (χ2v) is 4.83. The third-order valence-electron chi connectivity index (χ3n) is 3.26. The Bertz CT molecular complexity index is 623. The summed E-state index contributed by atoms with van der Waals surface area (Å²) < 4.78 is 0. The van der Waals surface area contributed by atoms with E-state index in [0.29, 0.717) is 11.6 Å². The molecule has 3 nitrogen and oxygen atoms in total. The molecule has 0 saturated carbocycles. The molecule has 0 radical (unpaired) electrons. The molecule has 17 heavy (non-hydrogen) atoms. The number of aromatic nitrogens is 2. The number of aryl methyl sites for hydroxylation is 1. The van der Waals surface area contributed by atoms with Crippen LogP contribution in [0, 0.1) is 6.92 Å². The molecule has 1 N–H and O–H groups in total. The summed E-state index contributed by atoms with van der Waals surface area (Å²) in [5.41, 5.74) is 4.37. The number of imidazole rings is 1. The van der Waals surface area contributed by atoms with E-state index >= 15 is 0 Å². The SMILES string of the molecule is Cc1nc2c([nH]1)C(=O)c1cc(C(C)C)ccc1-2. The number of hydrogen-bond acceptors (Lipinski definition) is 2. The minimum Gasteiger partial charge on any atom is -0.339 e. The zero-order valence-electron chi connectivity index (χ0n) is 10.2. The van der Waals surface area contributed by atoms with Crippen molar-refractivity contribution in [1.29, 1.82) is 0 Å². The van der Waals surface area contributed by atoms with E-state index in [4.69, 9.17) is 0 Å². The van der Waals surface area contributed by atoms with Gasteiger partial charge in [-0.1, -0.05) is 26.0 Å². The fourth-order valence-corrected chi connectivity index (χ4v) is 2.30. The summed E-state index contributed by atoms with van der Waals surface area (Å²) in [6.07, 6.45) is 0. The molecular weight excluding hydrogens is 212 g/mol. The van der Waals surface area contributed by atoms with Crippen LogP contribution >= 0.6 is 0 Å². The number of benzene rings is 1. The number of aromatic amines is 1. The van der Waals surface area contributed by atoms with E-state index < -0.39 is 0 Å². The van der Waals surface area contributed by atoms with Crippen molar-refractivity contribution in [3.05, 3.63) is 40.8 Å². The Kier molecular flexibility index (Phi) is 1.99. The Hall–Kier alpha value is -1.90. The second kappa shape index (κ2) is 3.29. The lowest BCUT2D eigenvalue weighted by atomic mass is 9.98. The van der Waals surface area contributed by atoms with Gasteiger partial charge in [0.15, 0.2) is 0 Å². The molecule has 0 unspecified atom stereocenters. The summed E-state index contributed by atoms with van der Waals surface area (Å²) in [6.45, 7) is 6.12. The van der Waals surface area contributed by atoms with Crippen molar-refractivity contribution in [3.63, 3.8) is 0 Å². The molecule has 0 saturated heterocycles. The quantitative estimate of drug-likeness (QED) is 0.693. The van der Waals surface area contributed by atoms with E-state index in [-0.39, 0.29) is 5.78 Å². The first-order valence-corrected chi connectivity index (χ1v) is 5.83. The third kappa shape index (κ3) is 1.35. The van der Waals surface area contributed by atoms with Crippen molar-refractivity contribution in [1.82, 2.24) is 9.97 Å². The van der Waals surface area contributed by atoms with E-state index in [1.54, 1.807) is 0 Å². The average Bonchev–Trinajstić information content (AvgIpc) is 2.78. The van der Waals surface area contributed by atoms with Gasteiger partial charge >= 0.3 is 0 Å². The average molecular weight is 226 g/mol. The molecule has 0 bridgehead atoms. The Morgan fingerprint density at radius 1 is 1.24 bits per heavy atom. The summed E-state index contributed by atoms with van der Waals surface area (Å²) in [6, 6.07) is 6.08. The van der Waals surface area contributed by atoms with Gasteiger partial charge in [0.2, 0.25) is 5.78 Å². The number of hydrogen-bond donors (Lipinski definition) is 1. The van der Waals surface area contributed by atoms with Crippen LogP contribution in [0.2, 0.25) is 0 Å². The molecule has 1 heterocycles. The number of rotatable bonds is 1. The van der Waals surface area contributed by atoms with Crippen LogP contribution < -0.4 is 0 Å². The number of nitrogens with one attached hydrogen (secondary N) is 1. The lowest BCUT2D eigenvalue weighted by Gasteiger charge is -2.07. The van der Waals surface area contributed by atoms with Gasteiger partial charge in [0.05, 0.1) is 0 Å². The van der Waals surface area contributed by atoms with Crippen LogP contribution in [-0.2, 0) is 0 Å². The Labute approximate surface area is 99.9 Å². The van der Waals surface area contributed by atoms with Crippen LogP contribution in [0.3, 0.4) is 0 Å². The fraction of sp³-hybridized carbons (Fsp3) is 0.286. The van der Waals surface area contributed by atoms with Crippen LogP contribution in [0.15, 0.2) is 18.2 Å². The number of ketones is 1. The highest BCUT2D eigenvalue weighted by molar-refractivity contribution is 6.20. The lowest BCUT2D eigenvalue weighted by Crippen LogP contribution is -1.99. The van der Waals surface area contributed by atoms with Gasteiger partial charge in [-0.15, -0.1) is 0 Å². The maximum atomic E-state index is 12.2. The molecule has 0 atom stereocenters. The van der Waals surface area contributed by atoms with E-state index in [0.717, 1.165) is 22.6 Å². The van der Waals surface area contributed by atoms with Gasteiger partial charge in [-0.25, -0.2) is 4.98 Å². The number of nitrogens with zero attached hydrogens (tertiary/aromatic N) is 1. The van der Waals surface area contributed by atoms with Gasteiger partial charge in [-0.05, 0) is 24.5 Å². The molecule has 0 spiro atoms. The highest BCUT2D eigenvalue weighted by Crippen LogP contribution is 2.36. The molecule has 1 aromatic carbocycles. The van der Waals surface area contributed by atoms with Crippen molar-refractivity contribution in [2.24, 2.45) is 0 Å². The molecule has 3 rings (SSSR count). The number of fused-ring (bicyclic) bond motifs is 3. The van der Waals surface area contributed by atoms with Crippen molar-refractivity contribution in [2.45, 2.75) is 26.7 Å². The largest absolute Gasteiger partial charge is 0.339 e. The van der Waals surface area contributed by atoms with Crippen LogP contribution in [0.25, 0.3) is 11.3 Å². The van der Waals surface area contributed by atoms with E-state index in [2.05, 4.69) is 29.9 Å². The monoisotopic (exact) mass is 226 g/mol. The van der Waals surface area contributed by atoms with Crippen molar-refractivity contribution in [3.8, 4) is 11.3 Å². The first kappa shape index (κ1) is 10.3. The molecule has 1 aromatic heterocycles. The molecule has 2 aromatic rings. The molecule has 86 valence electrons. The van der Waals surface area contributed by atoms with E-state index in [1.807, 2.05) is 19.1 Å². The fourth-order valence-electron chi connectivity index (χ4n) is 2.30. The molecule has 1 aliphatic rings. The standard InChI is InChI=1S/C14H14N2O/c1-7(2)9-4-5-10-11(6-9)14(17)13-12(10)15-8(3)16-13/h4-7H,1-3H3,(H,15,16). The normalized spacial score (nSPS) is 13.1. The Balaban J connectivity index is 2.22. The summed E-state index contributed by atoms with van der Waals surface area (Å²) in [5, 5.41) is 0. The zero-order valence-corrected chi connectivity index (χ0v) is 10.2. The topological polar surface area (TPSA) is 45.8 Å². The minimum atomic E-state index is 0.0677. The number of carbonyl (C=O) groups is 1. The first-order valence-electron chi connectivity index (χ1n) is 5.83. The van der Waals surface area contributed by atoms with Gasteiger partial charge in [0, 0.05) is 11.1 Å². The van der Waals surface area contributed by atoms with Gasteiger partial charge < -0.3 is 4.98 Å². The minimum absolute atomic E-state index is 0.0677. The summed E-state index contributed by atoms with van der Waals surface area (Å²) in [4.78, 5) is 19.6. The van der Waals surface area contributed by atoms with Crippen LogP contribution in [-0.4, -0.2) is 15.8 Å². The van der Waals surface area contributed by atoms with Crippen LogP contribution in [0.5, 0.6) is 0 Å². The second-order valence-electron chi connectivity index (χ2n) is 4.83. The molecule has 0 amide bonds. The molecule has 0 aliphatic heterocycles. The van der Waals surface area contributed by atoms with E-state index in [1.165, 1.54) is 5.56 Å². The smallest absolute Gasteiger partial charge is 0.212 e. The highest BCUT2D eigenvalue weighted by Gasteiger charge is 2.30. The van der Waals surface area contributed by atoms with Gasteiger partial charge in [0.25, 0.3) is 0 Å².